The van der Waals surface area contributed by atoms with Gasteiger partial charge in [-0.2, -0.15) is 65.9 Å². The maximum atomic E-state index is 13.8. The van der Waals surface area contributed by atoms with Crippen molar-refractivity contribution in [1.82, 2.24) is 0 Å². The molecule has 1 unspecified atom stereocenters. The Bertz CT molecular complexity index is 593. The molecule has 0 fully saturated rings. The second kappa shape index (κ2) is 8.41. The summed E-state index contributed by atoms with van der Waals surface area (Å²) in [5.41, 5.74) is -8.54. The van der Waals surface area contributed by atoms with Gasteiger partial charge in [-0.3, -0.25) is 4.79 Å². The third kappa shape index (κ3) is 4.64. The van der Waals surface area contributed by atoms with Crippen LogP contribution in [0.4, 0.5) is 65.9 Å². The van der Waals surface area contributed by atoms with E-state index in [-0.39, 0.29) is 6.42 Å². The lowest BCUT2D eigenvalue weighted by molar-refractivity contribution is -0.507. The maximum Gasteiger partial charge on any atom is 0.418 e. The van der Waals surface area contributed by atoms with Gasteiger partial charge in [-0.1, -0.05) is 13.8 Å². The zero-order valence-electron chi connectivity index (χ0n) is 15.2. The van der Waals surface area contributed by atoms with E-state index in [4.69, 9.17) is 0 Å². The Morgan fingerprint density at radius 1 is 0.710 bits per heavy atom. The van der Waals surface area contributed by atoms with E-state index in [0.29, 0.717) is 0 Å². The molecule has 0 amide bonds. The van der Waals surface area contributed by atoms with Gasteiger partial charge in [-0.05, 0) is 6.42 Å². The molecule has 186 valence electrons. The van der Waals surface area contributed by atoms with E-state index < -0.39 is 66.6 Å². The predicted octanol–water partition coefficient (Wildman–Crippen LogP) is 6.55. The molecular formula is C14H13F15O2. The second-order valence-corrected chi connectivity index (χ2v) is 6.32. The van der Waals surface area contributed by atoms with Crippen molar-refractivity contribution in [3.63, 3.8) is 0 Å². The van der Waals surface area contributed by atoms with Gasteiger partial charge in [0, 0.05) is 0 Å². The van der Waals surface area contributed by atoms with Crippen LogP contribution in [0.2, 0.25) is 0 Å². The number of carbonyl (C=O) groups is 1. The van der Waals surface area contributed by atoms with Crippen molar-refractivity contribution in [2.24, 2.45) is 11.3 Å². The van der Waals surface area contributed by atoms with Crippen LogP contribution in [-0.2, 0) is 9.53 Å². The minimum Gasteiger partial charge on any atom is -0.465 e. The average Bonchev–Trinajstić information content (AvgIpc) is 2.48. The lowest BCUT2D eigenvalue weighted by Crippen LogP contribution is -2.75. The van der Waals surface area contributed by atoms with E-state index in [0.717, 1.165) is 6.92 Å². The molecule has 31 heavy (non-hydrogen) atoms. The van der Waals surface area contributed by atoms with Crippen molar-refractivity contribution >= 4 is 5.97 Å². The average molecular weight is 498 g/mol. The summed E-state index contributed by atoms with van der Waals surface area (Å²) in [6, 6.07) is 0. The van der Waals surface area contributed by atoms with Gasteiger partial charge in [0.1, 0.15) is 0 Å². The summed E-state index contributed by atoms with van der Waals surface area (Å²) in [7, 11) is 0. The quantitative estimate of drug-likeness (QED) is 0.281. The molecule has 0 rings (SSSR count). The van der Waals surface area contributed by atoms with Crippen molar-refractivity contribution < 1.29 is 75.4 Å². The molecule has 0 aromatic rings. The van der Waals surface area contributed by atoms with Crippen LogP contribution >= 0.6 is 0 Å². The minimum atomic E-state index is -8.54. The lowest BCUT2D eigenvalue weighted by Gasteiger charge is -2.46. The molecule has 1 atom stereocenters. The van der Waals surface area contributed by atoms with Gasteiger partial charge in [0.2, 0.25) is 0 Å². The summed E-state index contributed by atoms with van der Waals surface area (Å²) in [5.74, 6) is -25.3. The smallest absolute Gasteiger partial charge is 0.418 e. The normalized spacial score (nSPS) is 16.3. The van der Waals surface area contributed by atoms with Gasteiger partial charge >= 0.3 is 47.7 Å². The third-order valence-electron chi connectivity index (χ3n) is 4.28. The third-order valence-corrected chi connectivity index (χ3v) is 4.28. The Morgan fingerprint density at radius 2 is 1.06 bits per heavy atom. The number of carbonyl (C=O) groups excluding carboxylic acids is 1. The number of halogens is 15. The summed E-state index contributed by atoms with van der Waals surface area (Å²) < 4.78 is 200. The van der Waals surface area contributed by atoms with Crippen LogP contribution in [-0.4, -0.2) is 48.9 Å². The van der Waals surface area contributed by atoms with Gasteiger partial charge < -0.3 is 4.74 Å². The molecule has 0 N–H and O–H groups in total. The van der Waals surface area contributed by atoms with Gasteiger partial charge in [0.15, 0.2) is 0 Å². The van der Waals surface area contributed by atoms with Gasteiger partial charge in [0.25, 0.3) is 0 Å². The van der Waals surface area contributed by atoms with Crippen molar-refractivity contribution in [2.75, 3.05) is 6.61 Å². The molecule has 17 heteroatoms. The Hall–Kier alpha value is -1.58. The van der Waals surface area contributed by atoms with Crippen LogP contribution in [0.25, 0.3) is 0 Å². The first kappa shape index (κ1) is 29.4. The molecule has 2 nitrogen and oxygen atoms in total. The monoisotopic (exact) mass is 498 g/mol. The summed E-state index contributed by atoms with van der Waals surface area (Å²) in [6.45, 7) is 0.548. The number of hydrogen-bond donors (Lipinski definition) is 0. The number of alkyl halides is 15. The highest BCUT2D eigenvalue weighted by atomic mass is 19.4. The largest absolute Gasteiger partial charge is 0.465 e. The maximum absolute atomic E-state index is 13.8. The predicted molar refractivity (Wildman–Crippen MR) is 70.5 cm³/mol. The first-order valence-corrected chi connectivity index (χ1v) is 7.87. The molecule has 0 radical (unpaired) electrons. The van der Waals surface area contributed by atoms with Crippen LogP contribution in [0.15, 0.2) is 0 Å². The van der Waals surface area contributed by atoms with Crippen LogP contribution in [0.1, 0.15) is 26.7 Å². The first-order valence-electron chi connectivity index (χ1n) is 7.87. The number of rotatable bonds is 8. The minimum absolute atomic E-state index is 0.00523. The van der Waals surface area contributed by atoms with Crippen molar-refractivity contribution in [3.05, 3.63) is 0 Å². The topological polar surface area (TPSA) is 26.3 Å². The van der Waals surface area contributed by atoms with Crippen molar-refractivity contribution in [2.45, 2.75) is 63.0 Å². The molecule has 0 aliphatic carbocycles. The zero-order valence-corrected chi connectivity index (χ0v) is 15.2. The van der Waals surface area contributed by atoms with Gasteiger partial charge in [0.05, 0.1) is 18.9 Å². The summed E-state index contributed by atoms with van der Waals surface area (Å²) >= 11 is 0. The lowest BCUT2D eigenvalue weighted by atomic mass is 9.73. The highest BCUT2D eigenvalue weighted by molar-refractivity contribution is 5.71. The molecule has 0 heterocycles. The van der Waals surface area contributed by atoms with E-state index in [1.54, 1.807) is 0 Å². The van der Waals surface area contributed by atoms with E-state index in [1.165, 1.54) is 6.92 Å². The van der Waals surface area contributed by atoms with Crippen molar-refractivity contribution in [1.29, 1.82) is 0 Å². The van der Waals surface area contributed by atoms with Crippen LogP contribution < -0.4 is 0 Å². The fourth-order valence-corrected chi connectivity index (χ4v) is 2.23. The summed E-state index contributed by atoms with van der Waals surface area (Å²) in [5, 5.41) is 0. The highest BCUT2D eigenvalue weighted by Crippen LogP contribution is 2.70. The standard InChI is InChI=1S/C14H13F15O2/c1-3-6(2)7(30)31-5-4-8(15,16)10(17,18)11(19,20)9(12(21,22)23,13(24,25)26)14(27,28)29/h6H,3-5H2,1-2H3. The number of ether oxygens (including phenoxy) is 1. The highest BCUT2D eigenvalue weighted by Gasteiger charge is 2.99. The molecule has 0 bridgehead atoms. The number of esters is 1. The SMILES string of the molecule is CCC(C)C(=O)OCCC(F)(F)C(F)(F)C(F)(F)C(C(F)(F)F)(C(F)(F)F)C(F)(F)F. The molecule has 0 aliphatic rings. The first-order chi connectivity index (χ1) is 13.4. The number of hydrogen-bond acceptors (Lipinski definition) is 2. The fraction of sp³-hybridized carbons (Fsp3) is 0.929. The van der Waals surface area contributed by atoms with Crippen LogP contribution in [0, 0.1) is 11.3 Å². The van der Waals surface area contributed by atoms with Gasteiger partial charge in [-0.15, -0.1) is 0 Å². The molecule has 0 saturated heterocycles. The second-order valence-electron chi connectivity index (χ2n) is 6.32. The molecule has 0 aromatic heterocycles. The summed E-state index contributed by atoms with van der Waals surface area (Å²) in [4.78, 5) is 11.2. The zero-order chi connectivity index (χ0) is 25.5. The van der Waals surface area contributed by atoms with E-state index in [2.05, 4.69) is 4.74 Å². The summed E-state index contributed by atoms with van der Waals surface area (Å²) in [6.07, 6.45) is -27.5. The Balaban J connectivity index is 6.46. The molecule has 0 saturated carbocycles. The van der Waals surface area contributed by atoms with Crippen molar-refractivity contribution in [3.8, 4) is 0 Å². The molecule has 0 aromatic carbocycles. The fourth-order valence-electron chi connectivity index (χ4n) is 2.23. The van der Waals surface area contributed by atoms with Crippen LogP contribution in [0.3, 0.4) is 0 Å². The van der Waals surface area contributed by atoms with E-state index in [1.807, 2.05) is 0 Å². The van der Waals surface area contributed by atoms with E-state index >= 15 is 0 Å². The van der Waals surface area contributed by atoms with E-state index in [9.17, 15) is 70.7 Å². The molecular weight excluding hydrogens is 485 g/mol. The Labute approximate surface area is 163 Å². The molecule has 0 spiro atoms. The Kier molecular flexibility index (Phi) is 7.98. The Morgan fingerprint density at radius 3 is 1.35 bits per heavy atom. The van der Waals surface area contributed by atoms with Crippen LogP contribution in [0.5, 0.6) is 0 Å². The molecule has 0 aliphatic heterocycles. The van der Waals surface area contributed by atoms with Gasteiger partial charge in [-0.25, -0.2) is 0 Å².